The molecule has 0 aliphatic carbocycles. The number of rotatable bonds is 10. The number of ether oxygens (including phenoxy) is 2. The second kappa shape index (κ2) is 12.1. The molecular weight excluding hydrogens is 538 g/mol. The van der Waals surface area contributed by atoms with Gasteiger partial charge in [-0.25, -0.2) is 4.68 Å². The summed E-state index contributed by atoms with van der Waals surface area (Å²) in [6.45, 7) is 0.867. The van der Waals surface area contributed by atoms with Crippen molar-refractivity contribution in [3.05, 3.63) is 84.7 Å². The fraction of sp³-hybridized carbons (Fsp3) is 0.276. The molecule has 1 saturated heterocycles. The van der Waals surface area contributed by atoms with E-state index in [1.807, 2.05) is 54.6 Å². The zero-order valence-electron chi connectivity index (χ0n) is 22.9. The number of tetrazole rings is 1. The van der Waals surface area contributed by atoms with E-state index in [2.05, 4.69) is 31.2 Å². The van der Waals surface area contributed by atoms with E-state index < -0.39 is 6.04 Å². The maximum atomic E-state index is 14.3. The molecule has 0 radical (unpaired) electrons. The summed E-state index contributed by atoms with van der Waals surface area (Å²) in [5.41, 5.74) is 3.02. The third-order valence-corrected chi connectivity index (χ3v) is 7.16. The van der Waals surface area contributed by atoms with Crippen LogP contribution >= 0.6 is 0 Å². The number of hydrogen-bond acceptors (Lipinski definition) is 9. The molecule has 13 nitrogen and oxygen atoms in total. The Kier molecular flexibility index (Phi) is 7.81. The van der Waals surface area contributed by atoms with E-state index in [9.17, 15) is 9.59 Å². The van der Waals surface area contributed by atoms with Crippen molar-refractivity contribution in [3.8, 4) is 11.4 Å². The van der Waals surface area contributed by atoms with Crippen molar-refractivity contribution in [2.45, 2.75) is 31.5 Å². The van der Waals surface area contributed by atoms with Crippen LogP contribution in [0, 0.1) is 0 Å². The standard InChI is InChI=1S/C29H29N9O4/c1-41-26-16-21(13-14-25(26)37-19-31-33-35-37)38(27(39)18-36-24-12-6-5-11-23(24)32-34-36)28(20-8-3-2-4-9-20)29(40)30-17-22-10-7-15-42-22/h2-6,8-9,11-14,16,19,22,28H,7,10,15,17-18H2,1H3,(H,30,40)/t22-,28-/m1/s1. The predicted molar refractivity (Wildman–Crippen MR) is 152 cm³/mol. The van der Waals surface area contributed by atoms with E-state index >= 15 is 0 Å². The Labute approximate surface area is 241 Å². The molecule has 13 heteroatoms. The molecule has 2 atom stereocenters. The Hall–Kier alpha value is -5.17. The Balaban J connectivity index is 1.42. The molecule has 2 aromatic heterocycles. The van der Waals surface area contributed by atoms with Gasteiger partial charge in [-0.3, -0.25) is 14.5 Å². The van der Waals surface area contributed by atoms with Crippen molar-refractivity contribution in [3.63, 3.8) is 0 Å². The van der Waals surface area contributed by atoms with Crippen molar-refractivity contribution in [1.82, 2.24) is 40.5 Å². The lowest BCUT2D eigenvalue weighted by molar-refractivity contribution is -0.127. The fourth-order valence-electron chi connectivity index (χ4n) is 5.12. The van der Waals surface area contributed by atoms with Crippen molar-refractivity contribution >= 4 is 28.5 Å². The molecule has 1 fully saturated rings. The molecule has 6 rings (SSSR count). The highest BCUT2D eigenvalue weighted by atomic mass is 16.5. The molecule has 1 aliphatic rings. The van der Waals surface area contributed by atoms with E-state index in [1.54, 1.807) is 18.2 Å². The predicted octanol–water partition coefficient (Wildman–Crippen LogP) is 2.49. The highest BCUT2D eigenvalue weighted by molar-refractivity contribution is 6.01. The number of nitrogens with zero attached hydrogens (tertiary/aromatic N) is 8. The lowest BCUT2D eigenvalue weighted by Gasteiger charge is -2.32. The lowest BCUT2D eigenvalue weighted by atomic mass is 10.0. The third-order valence-electron chi connectivity index (χ3n) is 7.16. The quantitative estimate of drug-likeness (QED) is 0.269. The van der Waals surface area contributed by atoms with Gasteiger partial charge in [0.2, 0.25) is 11.8 Å². The van der Waals surface area contributed by atoms with Crippen molar-refractivity contribution in [2.75, 3.05) is 25.2 Å². The summed E-state index contributed by atoms with van der Waals surface area (Å²) >= 11 is 0. The van der Waals surface area contributed by atoms with Crippen molar-refractivity contribution < 1.29 is 19.1 Å². The van der Waals surface area contributed by atoms with Crippen LogP contribution in [-0.2, 0) is 20.9 Å². The van der Waals surface area contributed by atoms with Gasteiger partial charge in [0, 0.05) is 24.9 Å². The first-order valence-corrected chi connectivity index (χ1v) is 13.6. The van der Waals surface area contributed by atoms with Crippen LogP contribution in [0.25, 0.3) is 16.7 Å². The van der Waals surface area contributed by atoms with Crippen molar-refractivity contribution in [2.24, 2.45) is 0 Å². The summed E-state index contributed by atoms with van der Waals surface area (Å²) < 4.78 is 14.4. The number of carbonyl (C=O) groups excluding carboxylic acids is 2. The van der Waals surface area contributed by atoms with Crippen LogP contribution < -0.4 is 15.0 Å². The Morgan fingerprint density at radius 1 is 1.10 bits per heavy atom. The van der Waals surface area contributed by atoms with Crippen LogP contribution in [0.5, 0.6) is 5.75 Å². The molecule has 0 bridgehead atoms. The molecule has 5 aromatic rings. The molecule has 2 amide bonds. The van der Waals surface area contributed by atoms with Gasteiger partial charge >= 0.3 is 0 Å². The topological polar surface area (TPSA) is 142 Å². The molecule has 3 heterocycles. The minimum absolute atomic E-state index is 0.0632. The summed E-state index contributed by atoms with van der Waals surface area (Å²) in [6.07, 6.45) is 3.20. The van der Waals surface area contributed by atoms with Crippen LogP contribution in [0.2, 0.25) is 0 Å². The van der Waals surface area contributed by atoms with Gasteiger partial charge in [-0.1, -0.05) is 47.7 Å². The molecule has 3 aromatic carbocycles. The van der Waals surface area contributed by atoms with E-state index in [4.69, 9.17) is 9.47 Å². The van der Waals surface area contributed by atoms with Gasteiger partial charge in [-0.2, -0.15) is 4.68 Å². The average Bonchev–Trinajstić information content (AvgIpc) is 3.82. The minimum Gasteiger partial charge on any atom is -0.494 e. The number of fused-ring (bicyclic) bond motifs is 1. The van der Waals surface area contributed by atoms with Crippen LogP contribution in [-0.4, -0.2) is 73.4 Å². The third kappa shape index (κ3) is 5.54. The fourth-order valence-corrected chi connectivity index (χ4v) is 5.12. The molecule has 214 valence electrons. The lowest BCUT2D eigenvalue weighted by Crippen LogP contribution is -2.46. The number of nitrogens with one attached hydrogen (secondary N) is 1. The van der Waals surface area contributed by atoms with Gasteiger partial charge in [0.1, 0.15) is 35.9 Å². The van der Waals surface area contributed by atoms with Gasteiger partial charge in [-0.15, -0.1) is 10.2 Å². The van der Waals surface area contributed by atoms with Crippen LogP contribution in [0.3, 0.4) is 0 Å². The Bertz CT molecular complexity index is 1670. The molecule has 1 aliphatic heterocycles. The van der Waals surface area contributed by atoms with E-state index in [0.717, 1.165) is 12.8 Å². The highest BCUT2D eigenvalue weighted by Gasteiger charge is 2.34. The Morgan fingerprint density at radius 3 is 2.69 bits per heavy atom. The zero-order valence-corrected chi connectivity index (χ0v) is 22.9. The summed E-state index contributed by atoms with van der Waals surface area (Å²) in [5, 5.41) is 22.8. The maximum absolute atomic E-state index is 14.3. The van der Waals surface area contributed by atoms with E-state index in [1.165, 1.54) is 27.7 Å². The summed E-state index contributed by atoms with van der Waals surface area (Å²) in [5.74, 6) is -0.295. The van der Waals surface area contributed by atoms with Gasteiger partial charge in [0.25, 0.3) is 0 Å². The number of anilines is 1. The minimum atomic E-state index is -1.00. The van der Waals surface area contributed by atoms with Crippen LogP contribution in [0.4, 0.5) is 5.69 Å². The molecule has 0 spiro atoms. The SMILES string of the molecule is COc1cc(N(C(=O)Cn2nnc3ccccc32)[C@@H](C(=O)NC[C@H]2CCCO2)c2ccccc2)ccc1-n1cnnn1. The van der Waals surface area contributed by atoms with Gasteiger partial charge in [-0.05, 0) is 53.1 Å². The summed E-state index contributed by atoms with van der Waals surface area (Å²) in [4.78, 5) is 29.8. The second-order valence-electron chi connectivity index (χ2n) is 9.80. The van der Waals surface area contributed by atoms with Gasteiger partial charge in [0.05, 0.1) is 18.7 Å². The smallest absolute Gasteiger partial charge is 0.249 e. The number of hydrogen-bond donors (Lipinski definition) is 1. The highest BCUT2D eigenvalue weighted by Crippen LogP contribution is 2.34. The number of methoxy groups -OCH3 is 1. The number of para-hydroxylation sites is 1. The molecule has 0 saturated carbocycles. The first kappa shape index (κ1) is 27.0. The van der Waals surface area contributed by atoms with Gasteiger partial charge < -0.3 is 14.8 Å². The number of carbonyl (C=O) groups is 2. The molecule has 0 unspecified atom stereocenters. The number of amides is 2. The molecular formula is C29H29N9O4. The van der Waals surface area contributed by atoms with Crippen LogP contribution in [0.1, 0.15) is 24.4 Å². The average molecular weight is 568 g/mol. The number of benzene rings is 3. The molecule has 1 N–H and O–H groups in total. The molecule has 42 heavy (non-hydrogen) atoms. The maximum Gasteiger partial charge on any atom is 0.249 e. The largest absolute Gasteiger partial charge is 0.494 e. The summed E-state index contributed by atoms with van der Waals surface area (Å²) in [7, 11) is 1.52. The Morgan fingerprint density at radius 2 is 1.93 bits per heavy atom. The van der Waals surface area contributed by atoms with Crippen molar-refractivity contribution in [1.29, 1.82) is 0 Å². The normalized spacial score (nSPS) is 15.4. The van der Waals surface area contributed by atoms with Gasteiger partial charge in [0.15, 0.2) is 0 Å². The monoisotopic (exact) mass is 567 g/mol. The second-order valence-corrected chi connectivity index (χ2v) is 9.80. The van der Waals surface area contributed by atoms with E-state index in [-0.39, 0.29) is 24.5 Å². The number of aromatic nitrogens is 7. The van der Waals surface area contributed by atoms with E-state index in [0.29, 0.717) is 46.9 Å². The first-order chi connectivity index (χ1) is 20.6. The van der Waals surface area contributed by atoms with Crippen LogP contribution in [0.15, 0.2) is 79.1 Å². The zero-order chi connectivity index (χ0) is 28.9. The summed E-state index contributed by atoms with van der Waals surface area (Å²) in [6, 6.07) is 20.8. The first-order valence-electron chi connectivity index (χ1n) is 13.6.